The topological polar surface area (TPSA) is 42.7 Å². The molecule has 0 unspecified atom stereocenters. The van der Waals surface area contributed by atoms with E-state index in [9.17, 15) is 4.39 Å². The highest BCUT2D eigenvalue weighted by Gasteiger charge is 2.06. The molecule has 1 N–H and O–H groups in total. The number of nitrogens with one attached hydrogen (secondary N) is 1. The summed E-state index contributed by atoms with van der Waals surface area (Å²) < 4.78 is 15.2. The number of hydrogen-bond donors (Lipinski definition) is 1. The summed E-state index contributed by atoms with van der Waals surface area (Å²) in [6, 6.07) is 14.1. The first-order valence-electron chi connectivity index (χ1n) is 8.25. The van der Waals surface area contributed by atoms with E-state index in [1.807, 2.05) is 28.8 Å². The second kappa shape index (κ2) is 7.14. The Hall–Kier alpha value is -2.92. The van der Waals surface area contributed by atoms with Crippen LogP contribution in [0.4, 0.5) is 10.1 Å². The Bertz CT molecular complexity index is 1040. The average Bonchev–Trinajstić information content (AvgIpc) is 3.11. The number of rotatable bonds is 5. The number of hydrogen-bond acceptors (Lipinski definition) is 3. The van der Waals surface area contributed by atoms with Crippen LogP contribution in [-0.2, 0) is 6.54 Å². The summed E-state index contributed by atoms with van der Waals surface area (Å²) in [4.78, 5) is 8.57. The standard InChI is InChI=1S/C20H16ClFN4/c21-15-3-6-17-18(7-8-24-19(17)11-15)25-9-10-26-13-23-12-20(26)14-1-4-16(22)5-2-14/h1-8,11-13H,9-10H2,(H,24,25). The molecule has 0 radical (unpaired) electrons. The fourth-order valence-corrected chi connectivity index (χ4v) is 3.11. The van der Waals surface area contributed by atoms with Crippen molar-refractivity contribution in [1.82, 2.24) is 14.5 Å². The first-order valence-corrected chi connectivity index (χ1v) is 8.63. The second-order valence-electron chi connectivity index (χ2n) is 5.93. The fraction of sp³-hybridized carbons (Fsp3) is 0.100. The summed E-state index contributed by atoms with van der Waals surface area (Å²) in [5.74, 6) is -0.244. The number of halogens is 2. The van der Waals surface area contributed by atoms with Crippen molar-refractivity contribution >= 4 is 28.2 Å². The van der Waals surface area contributed by atoms with Gasteiger partial charge in [-0.3, -0.25) is 4.98 Å². The van der Waals surface area contributed by atoms with Gasteiger partial charge in [0.25, 0.3) is 0 Å². The van der Waals surface area contributed by atoms with Crippen LogP contribution >= 0.6 is 11.6 Å². The maximum Gasteiger partial charge on any atom is 0.123 e. The Kier molecular flexibility index (Phi) is 4.54. The molecule has 0 aliphatic heterocycles. The summed E-state index contributed by atoms with van der Waals surface area (Å²) in [7, 11) is 0. The van der Waals surface area contributed by atoms with Gasteiger partial charge in [0, 0.05) is 35.4 Å². The molecule has 130 valence electrons. The van der Waals surface area contributed by atoms with E-state index < -0.39 is 0 Å². The molecule has 0 amide bonds. The Balaban J connectivity index is 1.50. The van der Waals surface area contributed by atoms with Crippen LogP contribution in [0.1, 0.15) is 0 Å². The van der Waals surface area contributed by atoms with Crippen molar-refractivity contribution < 1.29 is 4.39 Å². The molecule has 2 aromatic heterocycles. The van der Waals surface area contributed by atoms with Gasteiger partial charge >= 0.3 is 0 Å². The van der Waals surface area contributed by atoms with Gasteiger partial charge in [-0.2, -0.15) is 0 Å². The first-order chi connectivity index (χ1) is 12.7. The zero-order valence-corrected chi connectivity index (χ0v) is 14.6. The maximum absolute atomic E-state index is 13.1. The van der Waals surface area contributed by atoms with Gasteiger partial charge in [0.1, 0.15) is 5.82 Å². The quantitative estimate of drug-likeness (QED) is 0.540. The Morgan fingerprint density at radius 3 is 2.77 bits per heavy atom. The lowest BCUT2D eigenvalue weighted by Gasteiger charge is -2.12. The van der Waals surface area contributed by atoms with Gasteiger partial charge in [-0.15, -0.1) is 0 Å². The molecular formula is C20H16ClFN4. The lowest BCUT2D eigenvalue weighted by Crippen LogP contribution is -2.11. The molecular weight excluding hydrogens is 351 g/mol. The first kappa shape index (κ1) is 16.5. The zero-order chi connectivity index (χ0) is 17.9. The second-order valence-corrected chi connectivity index (χ2v) is 6.36. The van der Waals surface area contributed by atoms with Crippen molar-refractivity contribution in [2.75, 3.05) is 11.9 Å². The van der Waals surface area contributed by atoms with Crippen molar-refractivity contribution in [2.45, 2.75) is 6.54 Å². The number of aromatic nitrogens is 3. The third kappa shape index (κ3) is 3.39. The molecule has 0 aliphatic carbocycles. The highest BCUT2D eigenvalue weighted by Crippen LogP contribution is 2.24. The van der Waals surface area contributed by atoms with Crippen molar-refractivity contribution in [2.24, 2.45) is 0 Å². The minimum Gasteiger partial charge on any atom is -0.383 e. The number of fused-ring (bicyclic) bond motifs is 1. The monoisotopic (exact) mass is 366 g/mol. The largest absolute Gasteiger partial charge is 0.383 e. The normalized spacial score (nSPS) is 11.0. The number of imidazole rings is 1. The maximum atomic E-state index is 13.1. The lowest BCUT2D eigenvalue weighted by molar-refractivity contribution is 0.628. The Morgan fingerprint density at radius 2 is 1.92 bits per heavy atom. The minimum absolute atomic E-state index is 0.244. The van der Waals surface area contributed by atoms with E-state index in [1.165, 1.54) is 12.1 Å². The highest BCUT2D eigenvalue weighted by atomic mass is 35.5. The SMILES string of the molecule is Fc1ccc(-c2cncn2CCNc2ccnc3cc(Cl)ccc23)cc1. The van der Waals surface area contributed by atoms with E-state index in [0.717, 1.165) is 34.4 Å². The summed E-state index contributed by atoms with van der Waals surface area (Å²) in [5.41, 5.74) is 3.76. The highest BCUT2D eigenvalue weighted by molar-refractivity contribution is 6.31. The molecule has 2 aromatic carbocycles. The van der Waals surface area contributed by atoms with E-state index in [1.54, 1.807) is 30.9 Å². The van der Waals surface area contributed by atoms with Gasteiger partial charge in [0.05, 0.1) is 23.7 Å². The van der Waals surface area contributed by atoms with Crippen LogP contribution in [0.25, 0.3) is 22.2 Å². The molecule has 4 aromatic rings. The third-order valence-electron chi connectivity index (χ3n) is 4.23. The molecule has 0 saturated carbocycles. The molecule has 6 heteroatoms. The van der Waals surface area contributed by atoms with Crippen molar-refractivity contribution in [3.05, 3.63) is 78.1 Å². The van der Waals surface area contributed by atoms with Crippen LogP contribution in [-0.4, -0.2) is 21.1 Å². The smallest absolute Gasteiger partial charge is 0.123 e. The van der Waals surface area contributed by atoms with Crippen molar-refractivity contribution in [3.8, 4) is 11.3 Å². The molecule has 0 bridgehead atoms. The van der Waals surface area contributed by atoms with E-state index in [4.69, 9.17) is 11.6 Å². The fourth-order valence-electron chi connectivity index (χ4n) is 2.95. The molecule has 0 atom stereocenters. The number of anilines is 1. The Labute approximate surface area is 155 Å². The van der Waals surface area contributed by atoms with E-state index in [2.05, 4.69) is 15.3 Å². The zero-order valence-electron chi connectivity index (χ0n) is 13.9. The average molecular weight is 367 g/mol. The van der Waals surface area contributed by atoms with Gasteiger partial charge in [0.15, 0.2) is 0 Å². The molecule has 0 aliphatic rings. The van der Waals surface area contributed by atoms with Crippen LogP contribution in [0.5, 0.6) is 0 Å². The molecule has 2 heterocycles. The van der Waals surface area contributed by atoms with Crippen molar-refractivity contribution in [3.63, 3.8) is 0 Å². The van der Waals surface area contributed by atoms with Gasteiger partial charge in [-0.05, 0) is 54.1 Å². The summed E-state index contributed by atoms with van der Waals surface area (Å²) >= 11 is 6.03. The van der Waals surface area contributed by atoms with Gasteiger partial charge in [-0.25, -0.2) is 9.37 Å². The van der Waals surface area contributed by atoms with E-state index in [-0.39, 0.29) is 5.82 Å². The van der Waals surface area contributed by atoms with E-state index in [0.29, 0.717) is 11.6 Å². The summed E-state index contributed by atoms with van der Waals surface area (Å²) in [6.45, 7) is 1.44. The van der Waals surface area contributed by atoms with Crippen LogP contribution < -0.4 is 5.32 Å². The van der Waals surface area contributed by atoms with Crippen LogP contribution in [0, 0.1) is 5.82 Å². The number of pyridine rings is 1. The Morgan fingerprint density at radius 1 is 1.08 bits per heavy atom. The van der Waals surface area contributed by atoms with Crippen LogP contribution in [0.15, 0.2) is 67.3 Å². The third-order valence-corrected chi connectivity index (χ3v) is 4.46. The number of nitrogens with zero attached hydrogens (tertiary/aromatic N) is 3. The van der Waals surface area contributed by atoms with Crippen LogP contribution in [0.3, 0.4) is 0 Å². The van der Waals surface area contributed by atoms with E-state index >= 15 is 0 Å². The molecule has 0 spiro atoms. The molecule has 4 rings (SSSR count). The lowest BCUT2D eigenvalue weighted by atomic mass is 10.1. The molecule has 26 heavy (non-hydrogen) atoms. The minimum atomic E-state index is -0.244. The summed E-state index contributed by atoms with van der Waals surface area (Å²) in [6.07, 6.45) is 5.34. The molecule has 0 fully saturated rings. The predicted octanol–water partition coefficient (Wildman–Crippen LogP) is 5.00. The summed E-state index contributed by atoms with van der Waals surface area (Å²) in [5, 5.41) is 5.14. The van der Waals surface area contributed by atoms with Crippen LogP contribution in [0.2, 0.25) is 5.02 Å². The van der Waals surface area contributed by atoms with Gasteiger partial charge in [0.2, 0.25) is 0 Å². The van der Waals surface area contributed by atoms with Gasteiger partial charge < -0.3 is 9.88 Å². The molecule has 0 saturated heterocycles. The number of benzene rings is 2. The molecule has 4 nitrogen and oxygen atoms in total. The van der Waals surface area contributed by atoms with Crippen molar-refractivity contribution in [1.29, 1.82) is 0 Å². The predicted molar refractivity (Wildman–Crippen MR) is 103 cm³/mol. The van der Waals surface area contributed by atoms with Gasteiger partial charge in [-0.1, -0.05) is 11.6 Å².